The lowest BCUT2D eigenvalue weighted by Gasteiger charge is -2.07. The molecule has 7 heteroatoms. The van der Waals surface area contributed by atoms with Crippen molar-refractivity contribution in [2.45, 2.75) is 0 Å². The summed E-state index contributed by atoms with van der Waals surface area (Å²) in [6, 6.07) is 11.6. The molecule has 0 bridgehead atoms. The van der Waals surface area contributed by atoms with E-state index in [1.165, 1.54) is 19.3 Å². The molecule has 0 radical (unpaired) electrons. The van der Waals surface area contributed by atoms with Crippen molar-refractivity contribution in [3.05, 3.63) is 59.7 Å². The number of anilines is 1. The fourth-order valence-electron chi connectivity index (χ4n) is 2.17. The second-order valence-corrected chi connectivity index (χ2v) is 7.02. The summed E-state index contributed by atoms with van der Waals surface area (Å²) in [6.45, 7) is 0. The molecule has 0 unspecified atom stereocenters. The van der Waals surface area contributed by atoms with Gasteiger partial charge in [0, 0.05) is 11.3 Å². The molecular formula is C18H19NO5S. The van der Waals surface area contributed by atoms with Gasteiger partial charge in [-0.15, -0.1) is 0 Å². The van der Waals surface area contributed by atoms with Gasteiger partial charge < -0.3 is 9.47 Å². The van der Waals surface area contributed by atoms with Gasteiger partial charge in [0.15, 0.2) is 17.3 Å². The number of hydrogen-bond acceptors (Lipinski definition) is 5. The molecule has 1 N–H and O–H groups in total. The van der Waals surface area contributed by atoms with Gasteiger partial charge in [-0.25, -0.2) is 8.42 Å². The standard InChI is InChI=1S/C18H19NO5S/c1-23-17-10-8-13(11-18(17)24-2)7-9-16(20)14-5-4-6-15(12-14)19-25(3,21)22/h4-12,19H,1-3H3/b9-7+. The predicted molar refractivity (Wildman–Crippen MR) is 97.8 cm³/mol. The Bertz CT molecular complexity index is 903. The van der Waals surface area contributed by atoms with Crippen molar-refractivity contribution in [2.75, 3.05) is 25.2 Å². The first-order valence-corrected chi connectivity index (χ1v) is 9.24. The Morgan fingerprint density at radius 2 is 1.76 bits per heavy atom. The van der Waals surface area contributed by atoms with E-state index in [0.717, 1.165) is 11.8 Å². The molecule has 0 aliphatic heterocycles. The van der Waals surface area contributed by atoms with Crippen LogP contribution in [0.25, 0.3) is 6.08 Å². The van der Waals surface area contributed by atoms with Crippen LogP contribution in [0.3, 0.4) is 0 Å². The monoisotopic (exact) mass is 361 g/mol. The van der Waals surface area contributed by atoms with E-state index in [9.17, 15) is 13.2 Å². The topological polar surface area (TPSA) is 81.7 Å². The van der Waals surface area contributed by atoms with Crippen molar-refractivity contribution in [3.63, 3.8) is 0 Å². The Morgan fingerprint density at radius 1 is 1.04 bits per heavy atom. The van der Waals surface area contributed by atoms with Crippen molar-refractivity contribution in [2.24, 2.45) is 0 Å². The number of ketones is 1. The van der Waals surface area contributed by atoms with Gasteiger partial charge in [0.1, 0.15) is 0 Å². The number of methoxy groups -OCH3 is 2. The molecule has 0 amide bonds. The molecule has 0 spiro atoms. The number of hydrogen-bond donors (Lipinski definition) is 1. The van der Waals surface area contributed by atoms with Crippen LogP contribution in [0.2, 0.25) is 0 Å². The van der Waals surface area contributed by atoms with Crippen LogP contribution in [-0.4, -0.2) is 34.7 Å². The number of sulfonamides is 1. The summed E-state index contributed by atoms with van der Waals surface area (Å²) in [7, 11) is -0.306. The van der Waals surface area contributed by atoms with Crippen molar-refractivity contribution >= 4 is 27.6 Å². The van der Waals surface area contributed by atoms with Crippen LogP contribution < -0.4 is 14.2 Å². The zero-order valence-corrected chi connectivity index (χ0v) is 15.0. The fourth-order valence-corrected chi connectivity index (χ4v) is 2.73. The Hall–Kier alpha value is -2.80. The van der Waals surface area contributed by atoms with E-state index in [2.05, 4.69) is 4.72 Å². The zero-order valence-electron chi connectivity index (χ0n) is 14.1. The van der Waals surface area contributed by atoms with E-state index in [1.54, 1.807) is 49.6 Å². The highest BCUT2D eigenvalue weighted by molar-refractivity contribution is 7.92. The highest BCUT2D eigenvalue weighted by Gasteiger charge is 2.07. The van der Waals surface area contributed by atoms with Gasteiger partial charge in [0.2, 0.25) is 10.0 Å². The van der Waals surface area contributed by atoms with Crippen LogP contribution in [-0.2, 0) is 10.0 Å². The molecular weight excluding hydrogens is 342 g/mol. The second kappa shape index (κ2) is 7.85. The quantitative estimate of drug-likeness (QED) is 0.606. The fraction of sp³-hybridized carbons (Fsp3) is 0.167. The largest absolute Gasteiger partial charge is 0.493 e. The maximum absolute atomic E-state index is 12.3. The predicted octanol–water partition coefficient (Wildman–Crippen LogP) is 2.97. The minimum atomic E-state index is -3.39. The van der Waals surface area contributed by atoms with E-state index < -0.39 is 10.0 Å². The number of allylic oxidation sites excluding steroid dienone is 1. The van der Waals surface area contributed by atoms with Gasteiger partial charge in [-0.05, 0) is 35.9 Å². The molecule has 132 valence electrons. The van der Waals surface area contributed by atoms with Gasteiger partial charge in [0.05, 0.1) is 20.5 Å². The molecule has 25 heavy (non-hydrogen) atoms. The number of carbonyl (C=O) groups is 1. The Balaban J connectivity index is 2.19. The summed E-state index contributed by atoms with van der Waals surface area (Å²) >= 11 is 0. The summed E-state index contributed by atoms with van der Waals surface area (Å²) in [4.78, 5) is 12.3. The smallest absolute Gasteiger partial charge is 0.229 e. The Morgan fingerprint density at radius 3 is 2.40 bits per heavy atom. The third kappa shape index (κ3) is 5.36. The highest BCUT2D eigenvalue weighted by Crippen LogP contribution is 2.28. The van der Waals surface area contributed by atoms with E-state index in [1.807, 2.05) is 0 Å². The van der Waals surface area contributed by atoms with Gasteiger partial charge in [-0.1, -0.05) is 24.3 Å². The van der Waals surface area contributed by atoms with E-state index in [-0.39, 0.29) is 5.78 Å². The molecule has 0 atom stereocenters. The molecule has 2 aromatic carbocycles. The van der Waals surface area contributed by atoms with Gasteiger partial charge in [0.25, 0.3) is 0 Å². The number of carbonyl (C=O) groups excluding carboxylic acids is 1. The lowest BCUT2D eigenvalue weighted by atomic mass is 10.1. The summed E-state index contributed by atoms with van der Waals surface area (Å²) < 4.78 is 35.3. The number of ether oxygens (including phenoxy) is 2. The lowest BCUT2D eigenvalue weighted by molar-refractivity contribution is 0.104. The molecule has 0 aromatic heterocycles. The van der Waals surface area contributed by atoms with Crippen molar-refractivity contribution in [3.8, 4) is 11.5 Å². The maximum atomic E-state index is 12.3. The molecule has 0 fully saturated rings. The molecule has 2 rings (SSSR count). The summed E-state index contributed by atoms with van der Waals surface area (Å²) in [6.07, 6.45) is 4.13. The normalized spacial score (nSPS) is 11.3. The minimum Gasteiger partial charge on any atom is -0.493 e. The summed E-state index contributed by atoms with van der Waals surface area (Å²) in [5.74, 6) is 0.925. The molecule has 0 saturated carbocycles. The second-order valence-electron chi connectivity index (χ2n) is 5.27. The number of nitrogens with one attached hydrogen (secondary N) is 1. The van der Waals surface area contributed by atoms with Crippen LogP contribution in [0.4, 0.5) is 5.69 Å². The van der Waals surface area contributed by atoms with Crippen LogP contribution in [0.15, 0.2) is 48.5 Å². The van der Waals surface area contributed by atoms with Crippen molar-refractivity contribution in [1.29, 1.82) is 0 Å². The van der Waals surface area contributed by atoms with E-state index in [4.69, 9.17) is 9.47 Å². The molecule has 0 saturated heterocycles. The molecule has 2 aromatic rings. The van der Waals surface area contributed by atoms with Crippen LogP contribution in [0.1, 0.15) is 15.9 Å². The molecule has 6 nitrogen and oxygen atoms in total. The van der Waals surface area contributed by atoms with Gasteiger partial charge in [-0.2, -0.15) is 0 Å². The third-order valence-electron chi connectivity index (χ3n) is 3.29. The summed E-state index contributed by atoms with van der Waals surface area (Å²) in [5, 5.41) is 0. The molecule has 0 aliphatic carbocycles. The lowest BCUT2D eigenvalue weighted by Crippen LogP contribution is -2.10. The Labute approximate surface area is 147 Å². The first-order valence-electron chi connectivity index (χ1n) is 7.34. The SMILES string of the molecule is COc1ccc(/C=C/C(=O)c2cccc(NS(C)(=O)=O)c2)cc1OC. The van der Waals surface area contributed by atoms with Gasteiger partial charge in [-0.3, -0.25) is 9.52 Å². The average Bonchev–Trinajstić information content (AvgIpc) is 2.58. The van der Waals surface area contributed by atoms with Crippen molar-refractivity contribution < 1.29 is 22.7 Å². The van der Waals surface area contributed by atoms with Crippen LogP contribution in [0, 0.1) is 0 Å². The van der Waals surface area contributed by atoms with Crippen LogP contribution >= 0.6 is 0 Å². The highest BCUT2D eigenvalue weighted by atomic mass is 32.2. The van der Waals surface area contributed by atoms with E-state index >= 15 is 0 Å². The third-order valence-corrected chi connectivity index (χ3v) is 3.89. The van der Waals surface area contributed by atoms with Gasteiger partial charge >= 0.3 is 0 Å². The first-order chi connectivity index (χ1) is 11.8. The van der Waals surface area contributed by atoms with Crippen molar-refractivity contribution in [1.82, 2.24) is 0 Å². The van der Waals surface area contributed by atoms with E-state index in [0.29, 0.717) is 22.7 Å². The summed E-state index contributed by atoms with van der Waals surface area (Å²) in [5.41, 5.74) is 1.50. The number of rotatable bonds is 7. The minimum absolute atomic E-state index is 0.244. The maximum Gasteiger partial charge on any atom is 0.229 e. The zero-order chi connectivity index (χ0) is 18.4. The van der Waals surface area contributed by atoms with Crippen LogP contribution in [0.5, 0.6) is 11.5 Å². The molecule has 0 heterocycles. The average molecular weight is 361 g/mol. The number of benzene rings is 2. The molecule has 0 aliphatic rings. The Kier molecular flexibility index (Phi) is 5.82. The first kappa shape index (κ1) is 18.5.